The Balaban J connectivity index is 1.58. The van der Waals surface area contributed by atoms with Crippen LogP contribution in [0.25, 0.3) is 11.0 Å². The molecule has 2 heterocycles. The van der Waals surface area contributed by atoms with Crippen LogP contribution in [0.1, 0.15) is 5.56 Å². The molecule has 0 bridgehead atoms. The maximum absolute atomic E-state index is 5.57. The van der Waals surface area contributed by atoms with Crippen molar-refractivity contribution in [3.05, 3.63) is 60.2 Å². The predicted octanol–water partition coefficient (Wildman–Crippen LogP) is 2.36. The second-order valence-corrected chi connectivity index (χ2v) is 5.02. The number of para-hydroxylation sites is 1. The van der Waals surface area contributed by atoms with E-state index >= 15 is 0 Å². The second kappa shape index (κ2) is 4.72. The Morgan fingerprint density at radius 2 is 1.86 bits per heavy atom. The van der Waals surface area contributed by atoms with Crippen LogP contribution < -0.4 is 0 Å². The third kappa shape index (κ3) is 2.18. The summed E-state index contributed by atoms with van der Waals surface area (Å²) in [6.07, 6.45) is 0. The van der Waals surface area contributed by atoms with E-state index in [1.807, 2.05) is 59.3 Å². The number of nitrogens with zero attached hydrogens (tertiary/aromatic N) is 3. The summed E-state index contributed by atoms with van der Waals surface area (Å²) in [6, 6.07) is 18.0. The van der Waals surface area contributed by atoms with Crippen LogP contribution in [0.4, 0.5) is 0 Å². The van der Waals surface area contributed by atoms with Gasteiger partial charge in [0.25, 0.3) is 0 Å². The van der Waals surface area contributed by atoms with Gasteiger partial charge in [-0.2, -0.15) is 0 Å². The number of fused-ring (bicyclic) bond motifs is 1. The molecule has 4 rings (SSSR count). The fourth-order valence-corrected chi connectivity index (χ4v) is 2.38. The minimum atomic E-state index is -0.419. The molecule has 0 N–H and O–H groups in total. The summed E-state index contributed by atoms with van der Waals surface area (Å²) in [5.41, 5.74) is 2.58. The van der Waals surface area contributed by atoms with E-state index in [4.69, 9.17) is 4.74 Å². The van der Waals surface area contributed by atoms with E-state index in [0.29, 0.717) is 13.2 Å². The number of benzene rings is 2. The first-order chi connectivity index (χ1) is 10.4. The highest BCUT2D eigenvalue weighted by Gasteiger charge is 2.44. The Labute approximate surface area is 122 Å². The molecule has 1 saturated heterocycles. The van der Waals surface area contributed by atoms with E-state index in [9.17, 15) is 0 Å². The van der Waals surface area contributed by atoms with Crippen molar-refractivity contribution in [1.82, 2.24) is 15.0 Å². The minimum Gasteiger partial charge on any atom is -0.351 e. The van der Waals surface area contributed by atoms with E-state index in [1.165, 1.54) is 0 Å². The molecule has 1 unspecified atom stereocenters. The Kier molecular flexibility index (Phi) is 2.73. The van der Waals surface area contributed by atoms with Crippen molar-refractivity contribution in [2.45, 2.75) is 12.1 Å². The van der Waals surface area contributed by atoms with Gasteiger partial charge in [-0.1, -0.05) is 59.5 Å². The molecule has 1 atom stereocenters. The Morgan fingerprint density at radius 3 is 2.67 bits per heavy atom. The van der Waals surface area contributed by atoms with Crippen LogP contribution in [-0.4, -0.2) is 21.6 Å². The maximum atomic E-state index is 5.57. The first kappa shape index (κ1) is 12.1. The standard InChI is InChI=1S/C17H13N3O/c1-2-7-14(8-3-1)17(13-21-17)11-6-12-20-16-10-5-4-9-15(16)18-19-20/h1-5,7-10H,12-13H2. The number of rotatable bonds is 2. The Morgan fingerprint density at radius 1 is 1.10 bits per heavy atom. The maximum Gasteiger partial charge on any atom is 0.177 e. The predicted molar refractivity (Wildman–Crippen MR) is 79.4 cm³/mol. The molecule has 0 saturated carbocycles. The summed E-state index contributed by atoms with van der Waals surface area (Å²) in [4.78, 5) is 0. The largest absolute Gasteiger partial charge is 0.351 e. The monoisotopic (exact) mass is 275 g/mol. The van der Waals surface area contributed by atoms with Crippen molar-refractivity contribution in [3.8, 4) is 11.8 Å². The van der Waals surface area contributed by atoms with Crippen LogP contribution in [-0.2, 0) is 16.9 Å². The molecule has 4 heteroatoms. The van der Waals surface area contributed by atoms with Gasteiger partial charge in [0.05, 0.1) is 12.1 Å². The number of hydrogen-bond donors (Lipinski definition) is 0. The molecule has 1 fully saturated rings. The molecule has 0 amide bonds. The van der Waals surface area contributed by atoms with Gasteiger partial charge in [0, 0.05) is 0 Å². The van der Waals surface area contributed by atoms with Crippen molar-refractivity contribution in [2.75, 3.05) is 6.61 Å². The summed E-state index contributed by atoms with van der Waals surface area (Å²) in [7, 11) is 0. The van der Waals surface area contributed by atoms with Crippen LogP contribution >= 0.6 is 0 Å². The van der Waals surface area contributed by atoms with Gasteiger partial charge >= 0.3 is 0 Å². The topological polar surface area (TPSA) is 43.2 Å². The third-order valence-electron chi connectivity index (χ3n) is 3.61. The molecule has 0 radical (unpaired) electrons. The van der Waals surface area contributed by atoms with E-state index in [-0.39, 0.29) is 0 Å². The summed E-state index contributed by atoms with van der Waals surface area (Å²) in [5.74, 6) is 6.40. The normalized spacial score (nSPS) is 20.0. The van der Waals surface area contributed by atoms with Crippen LogP contribution in [0.2, 0.25) is 0 Å². The van der Waals surface area contributed by atoms with Gasteiger partial charge in [-0.15, -0.1) is 5.10 Å². The molecular formula is C17H13N3O. The summed E-state index contributed by atoms with van der Waals surface area (Å²) in [6.45, 7) is 1.17. The van der Waals surface area contributed by atoms with Gasteiger partial charge in [0.2, 0.25) is 0 Å². The van der Waals surface area contributed by atoms with Gasteiger partial charge in [-0.05, 0) is 17.7 Å². The quantitative estimate of drug-likeness (QED) is 0.532. The van der Waals surface area contributed by atoms with Crippen LogP contribution in [0.3, 0.4) is 0 Å². The van der Waals surface area contributed by atoms with Crippen LogP contribution in [0, 0.1) is 11.8 Å². The van der Waals surface area contributed by atoms with Crippen LogP contribution in [0.5, 0.6) is 0 Å². The molecule has 4 nitrogen and oxygen atoms in total. The lowest BCUT2D eigenvalue weighted by Gasteiger charge is -2.03. The molecule has 1 aliphatic rings. The van der Waals surface area contributed by atoms with Crippen LogP contribution in [0.15, 0.2) is 54.6 Å². The zero-order valence-electron chi connectivity index (χ0n) is 11.4. The Bertz CT molecular complexity index is 838. The average molecular weight is 275 g/mol. The molecule has 0 spiro atoms. The SMILES string of the molecule is C(#CC1(c2ccccc2)CO1)Cn1nnc2ccccc21. The first-order valence-corrected chi connectivity index (χ1v) is 6.85. The molecule has 21 heavy (non-hydrogen) atoms. The summed E-state index contributed by atoms with van der Waals surface area (Å²) in [5, 5.41) is 8.25. The van der Waals surface area contributed by atoms with Gasteiger partial charge in [0.1, 0.15) is 12.1 Å². The molecule has 1 aliphatic heterocycles. The van der Waals surface area contributed by atoms with Crippen molar-refractivity contribution < 1.29 is 4.74 Å². The highest BCUT2D eigenvalue weighted by atomic mass is 16.6. The van der Waals surface area contributed by atoms with Gasteiger partial charge in [-0.25, -0.2) is 4.68 Å². The van der Waals surface area contributed by atoms with Crippen molar-refractivity contribution >= 4 is 11.0 Å². The van der Waals surface area contributed by atoms with E-state index < -0.39 is 5.60 Å². The molecule has 3 aromatic rings. The molecule has 2 aromatic carbocycles. The van der Waals surface area contributed by atoms with Gasteiger partial charge in [0.15, 0.2) is 5.60 Å². The number of ether oxygens (including phenoxy) is 1. The lowest BCUT2D eigenvalue weighted by molar-refractivity contribution is 0.365. The zero-order valence-corrected chi connectivity index (χ0v) is 11.4. The minimum absolute atomic E-state index is 0.419. The van der Waals surface area contributed by atoms with Crippen molar-refractivity contribution in [3.63, 3.8) is 0 Å². The number of aromatic nitrogens is 3. The second-order valence-electron chi connectivity index (χ2n) is 5.02. The fourth-order valence-electron chi connectivity index (χ4n) is 2.38. The van der Waals surface area contributed by atoms with Crippen molar-refractivity contribution in [1.29, 1.82) is 0 Å². The van der Waals surface area contributed by atoms with E-state index in [0.717, 1.165) is 16.6 Å². The fraction of sp³-hybridized carbons (Fsp3) is 0.176. The number of epoxide rings is 1. The van der Waals surface area contributed by atoms with Gasteiger partial charge < -0.3 is 4.74 Å². The lowest BCUT2D eigenvalue weighted by Crippen LogP contribution is -2.06. The van der Waals surface area contributed by atoms with Crippen molar-refractivity contribution in [2.24, 2.45) is 0 Å². The number of hydrogen-bond acceptors (Lipinski definition) is 3. The summed E-state index contributed by atoms with van der Waals surface area (Å²) < 4.78 is 7.38. The first-order valence-electron chi connectivity index (χ1n) is 6.85. The molecule has 102 valence electrons. The zero-order chi connectivity index (χ0) is 14.1. The van der Waals surface area contributed by atoms with E-state index in [1.54, 1.807) is 0 Å². The molecular weight excluding hydrogens is 262 g/mol. The summed E-state index contributed by atoms with van der Waals surface area (Å²) >= 11 is 0. The van der Waals surface area contributed by atoms with E-state index in [2.05, 4.69) is 22.2 Å². The average Bonchev–Trinajstić information content (AvgIpc) is 3.23. The Hall–Kier alpha value is -2.64. The molecule has 1 aromatic heterocycles. The third-order valence-corrected chi connectivity index (χ3v) is 3.61. The highest BCUT2D eigenvalue weighted by Crippen LogP contribution is 2.37. The lowest BCUT2D eigenvalue weighted by atomic mass is 10.0. The molecule has 0 aliphatic carbocycles. The smallest absolute Gasteiger partial charge is 0.177 e. The highest BCUT2D eigenvalue weighted by molar-refractivity contribution is 5.73. The van der Waals surface area contributed by atoms with Gasteiger partial charge in [-0.3, -0.25) is 0 Å².